The van der Waals surface area contributed by atoms with Gasteiger partial charge in [0.2, 0.25) is 0 Å². The van der Waals surface area contributed by atoms with Crippen LogP contribution in [0, 0.1) is 5.92 Å². The maximum atomic E-state index is 5.91. The van der Waals surface area contributed by atoms with E-state index in [4.69, 9.17) is 10.5 Å². The SMILES string of the molecule is COc1ccc(N)c(SCCCC(C)C)c1. The summed E-state index contributed by atoms with van der Waals surface area (Å²) in [5.74, 6) is 2.78. The van der Waals surface area contributed by atoms with Crippen LogP contribution in [0.15, 0.2) is 23.1 Å². The molecular weight excluding hydrogens is 218 g/mol. The molecule has 0 heterocycles. The zero-order valence-electron chi connectivity index (χ0n) is 10.3. The number of benzene rings is 1. The van der Waals surface area contributed by atoms with Crippen molar-refractivity contribution in [2.45, 2.75) is 31.6 Å². The van der Waals surface area contributed by atoms with E-state index in [2.05, 4.69) is 13.8 Å². The van der Waals surface area contributed by atoms with Crippen molar-refractivity contribution in [2.24, 2.45) is 5.92 Å². The fourth-order valence-corrected chi connectivity index (χ4v) is 2.41. The fraction of sp³-hybridized carbons (Fsp3) is 0.538. The van der Waals surface area contributed by atoms with Crippen molar-refractivity contribution >= 4 is 17.4 Å². The lowest BCUT2D eigenvalue weighted by Gasteiger charge is -2.08. The van der Waals surface area contributed by atoms with E-state index < -0.39 is 0 Å². The lowest BCUT2D eigenvalue weighted by molar-refractivity contribution is 0.414. The van der Waals surface area contributed by atoms with Crippen LogP contribution in [0.1, 0.15) is 26.7 Å². The lowest BCUT2D eigenvalue weighted by Crippen LogP contribution is -1.93. The van der Waals surface area contributed by atoms with Gasteiger partial charge in [-0.25, -0.2) is 0 Å². The van der Waals surface area contributed by atoms with Crippen LogP contribution in [0.4, 0.5) is 5.69 Å². The Morgan fingerprint density at radius 2 is 2.12 bits per heavy atom. The molecule has 0 saturated heterocycles. The van der Waals surface area contributed by atoms with Gasteiger partial charge in [-0.15, -0.1) is 11.8 Å². The topological polar surface area (TPSA) is 35.2 Å². The highest BCUT2D eigenvalue weighted by molar-refractivity contribution is 7.99. The molecule has 1 aromatic rings. The summed E-state index contributed by atoms with van der Waals surface area (Å²) >= 11 is 1.81. The predicted octanol–water partition coefficient (Wildman–Crippen LogP) is 3.81. The zero-order valence-corrected chi connectivity index (χ0v) is 11.1. The summed E-state index contributed by atoms with van der Waals surface area (Å²) in [6, 6.07) is 5.81. The molecule has 16 heavy (non-hydrogen) atoms. The molecule has 0 amide bonds. The molecule has 0 aliphatic rings. The van der Waals surface area contributed by atoms with Crippen LogP contribution in [0.2, 0.25) is 0 Å². The molecule has 1 rings (SSSR count). The van der Waals surface area contributed by atoms with Crippen LogP contribution in [-0.2, 0) is 0 Å². The van der Waals surface area contributed by atoms with Gasteiger partial charge in [0.25, 0.3) is 0 Å². The second-order valence-corrected chi connectivity index (χ2v) is 5.43. The van der Waals surface area contributed by atoms with Gasteiger partial charge in [-0.3, -0.25) is 0 Å². The largest absolute Gasteiger partial charge is 0.497 e. The van der Waals surface area contributed by atoms with Crippen molar-refractivity contribution in [3.63, 3.8) is 0 Å². The third-order valence-electron chi connectivity index (χ3n) is 2.40. The standard InChI is InChI=1S/C13H21NOS/c1-10(2)5-4-8-16-13-9-11(15-3)6-7-12(13)14/h6-7,9-10H,4-5,8,14H2,1-3H3. The van der Waals surface area contributed by atoms with Gasteiger partial charge in [0.15, 0.2) is 0 Å². The Balaban J connectivity index is 2.46. The Morgan fingerprint density at radius 3 is 2.75 bits per heavy atom. The summed E-state index contributed by atoms with van der Waals surface area (Å²) < 4.78 is 5.19. The van der Waals surface area contributed by atoms with E-state index in [0.29, 0.717) is 0 Å². The maximum absolute atomic E-state index is 5.91. The maximum Gasteiger partial charge on any atom is 0.120 e. The van der Waals surface area contributed by atoms with Crippen LogP contribution in [0.5, 0.6) is 5.75 Å². The van der Waals surface area contributed by atoms with E-state index in [0.717, 1.165) is 28.0 Å². The number of rotatable bonds is 6. The molecule has 0 aliphatic carbocycles. The Bertz CT molecular complexity index is 326. The first-order chi connectivity index (χ1) is 7.63. The van der Waals surface area contributed by atoms with Crippen LogP contribution < -0.4 is 10.5 Å². The molecule has 2 N–H and O–H groups in total. The van der Waals surface area contributed by atoms with Gasteiger partial charge in [-0.05, 0) is 36.3 Å². The highest BCUT2D eigenvalue weighted by Crippen LogP contribution is 2.29. The van der Waals surface area contributed by atoms with E-state index in [9.17, 15) is 0 Å². The van der Waals surface area contributed by atoms with Crippen molar-refractivity contribution in [3.05, 3.63) is 18.2 Å². The predicted molar refractivity (Wildman–Crippen MR) is 72.2 cm³/mol. The van der Waals surface area contributed by atoms with Crippen molar-refractivity contribution < 1.29 is 4.74 Å². The molecule has 0 fully saturated rings. The minimum Gasteiger partial charge on any atom is -0.497 e. The highest BCUT2D eigenvalue weighted by atomic mass is 32.2. The molecule has 3 heteroatoms. The molecule has 0 aliphatic heterocycles. The first-order valence-corrected chi connectivity index (χ1v) is 6.68. The minimum absolute atomic E-state index is 0.781. The number of nitrogens with two attached hydrogens (primary N) is 1. The second-order valence-electron chi connectivity index (χ2n) is 4.29. The molecule has 0 saturated carbocycles. The fourth-order valence-electron chi connectivity index (χ4n) is 1.44. The Labute approximate surface area is 103 Å². The van der Waals surface area contributed by atoms with Gasteiger partial charge < -0.3 is 10.5 Å². The zero-order chi connectivity index (χ0) is 12.0. The number of thioether (sulfide) groups is 1. The van der Waals surface area contributed by atoms with Gasteiger partial charge >= 0.3 is 0 Å². The molecular formula is C13H21NOS. The monoisotopic (exact) mass is 239 g/mol. The van der Waals surface area contributed by atoms with Crippen LogP contribution in [0.25, 0.3) is 0 Å². The Hall–Kier alpha value is -0.830. The van der Waals surface area contributed by atoms with Gasteiger partial charge in [0.05, 0.1) is 7.11 Å². The number of anilines is 1. The molecule has 0 spiro atoms. The van der Waals surface area contributed by atoms with Crippen molar-refractivity contribution in [1.29, 1.82) is 0 Å². The normalized spacial score (nSPS) is 10.8. The number of nitrogen functional groups attached to an aromatic ring is 1. The van der Waals surface area contributed by atoms with Gasteiger partial charge in [0, 0.05) is 10.6 Å². The van der Waals surface area contributed by atoms with Gasteiger partial charge in [-0.2, -0.15) is 0 Å². The third kappa shape index (κ3) is 4.35. The summed E-state index contributed by atoms with van der Waals surface area (Å²) in [4.78, 5) is 1.13. The summed E-state index contributed by atoms with van der Waals surface area (Å²) in [6.07, 6.45) is 2.51. The minimum atomic E-state index is 0.781. The molecule has 0 bridgehead atoms. The van der Waals surface area contributed by atoms with E-state index in [1.807, 2.05) is 30.0 Å². The Kier molecular flexibility index (Phi) is 5.53. The molecule has 0 unspecified atom stereocenters. The molecule has 1 aromatic carbocycles. The van der Waals surface area contributed by atoms with Crippen molar-refractivity contribution in [1.82, 2.24) is 0 Å². The summed E-state index contributed by atoms with van der Waals surface area (Å²) in [6.45, 7) is 4.51. The molecule has 0 atom stereocenters. The molecule has 0 radical (unpaired) electrons. The second kappa shape index (κ2) is 6.69. The lowest BCUT2D eigenvalue weighted by atomic mass is 10.1. The first-order valence-electron chi connectivity index (χ1n) is 5.69. The van der Waals surface area contributed by atoms with Crippen LogP contribution >= 0.6 is 11.8 Å². The van der Waals surface area contributed by atoms with Crippen LogP contribution in [-0.4, -0.2) is 12.9 Å². The number of hydrogen-bond donors (Lipinski definition) is 1. The van der Waals surface area contributed by atoms with E-state index in [-0.39, 0.29) is 0 Å². The van der Waals surface area contributed by atoms with E-state index in [1.165, 1.54) is 12.8 Å². The highest BCUT2D eigenvalue weighted by Gasteiger charge is 2.02. The third-order valence-corrected chi connectivity index (χ3v) is 3.56. The van der Waals surface area contributed by atoms with Crippen LogP contribution in [0.3, 0.4) is 0 Å². The smallest absolute Gasteiger partial charge is 0.120 e. The molecule has 90 valence electrons. The van der Waals surface area contributed by atoms with E-state index >= 15 is 0 Å². The summed E-state index contributed by atoms with van der Waals surface area (Å²) in [7, 11) is 1.68. The van der Waals surface area contributed by atoms with Crippen molar-refractivity contribution in [2.75, 3.05) is 18.6 Å². The van der Waals surface area contributed by atoms with Gasteiger partial charge in [0.1, 0.15) is 5.75 Å². The number of ether oxygens (including phenoxy) is 1. The Morgan fingerprint density at radius 1 is 1.38 bits per heavy atom. The van der Waals surface area contributed by atoms with Gasteiger partial charge in [-0.1, -0.05) is 20.3 Å². The molecule has 0 aromatic heterocycles. The number of methoxy groups -OCH3 is 1. The van der Waals surface area contributed by atoms with E-state index in [1.54, 1.807) is 7.11 Å². The summed E-state index contributed by atoms with van der Waals surface area (Å²) in [5.41, 5.74) is 6.75. The first kappa shape index (κ1) is 13.2. The molecule has 2 nitrogen and oxygen atoms in total. The number of hydrogen-bond acceptors (Lipinski definition) is 3. The van der Waals surface area contributed by atoms with Crippen molar-refractivity contribution in [3.8, 4) is 5.75 Å². The summed E-state index contributed by atoms with van der Waals surface area (Å²) in [5, 5.41) is 0. The average Bonchev–Trinajstić information content (AvgIpc) is 2.26. The quantitative estimate of drug-likeness (QED) is 0.466. The average molecular weight is 239 g/mol.